The Bertz CT molecular complexity index is 442. The van der Waals surface area contributed by atoms with E-state index in [0.29, 0.717) is 15.8 Å². The van der Waals surface area contributed by atoms with E-state index in [0.717, 1.165) is 39.0 Å². The summed E-state index contributed by atoms with van der Waals surface area (Å²) in [5.74, 6) is 0.448. The standard InChI is InChI=1S/C13H17BrN2O2/c14-11-2-1-10(18-11)12(17)16-7-4-13(5-8-16)3-6-15-9-13/h1-2,15H,3-9H2. The van der Waals surface area contributed by atoms with E-state index in [1.165, 1.54) is 6.42 Å². The largest absolute Gasteiger partial charge is 0.444 e. The Labute approximate surface area is 115 Å². The van der Waals surface area contributed by atoms with Crippen molar-refractivity contribution >= 4 is 21.8 Å². The highest BCUT2D eigenvalue weighted by Crippen LogP contribution is 2.37. The van der Waals surface area contributed by atoms with Gasteiger partial charge in [-0.15, -0.1) is 0 Å². The monoisotopic (exact) mass is 312 g/mol. The van der Waals surface area contributed by atoms with Crippen LogP contribution in [0.25, 0.3) is 0 Å². The van der Waals surface area contributed by atoms with Gasteiger partial charge < -0.3 is 14.6 Å². The molecular formula is C13H17BrN2O2. The van der Waals surface area contributed by atoms with Crippen molar-refractivity contribution in [3.8, 4) is 0 Å². The zero-order chi connectivity index (χ0) is 12.6. The van der Waals surface area contributed by atoms with Gasteiger partial charge in [0.2, 0.25) is 0 Å². The van der Waals surface area contributed by atoms with Gasteiger partial charge in [0.15, 0.2) is 10.4 Å². The van der Waals surface area contributed by atoms with Crippen LogP contribution in [0.2, 0.25) is 0 Å². The number of piperidine rings is 1. The molecule has 2 aliphatic heterocycles. The number of furan rings is 1. The quantitative estimate of drug-likeness (QED) is 0.865. The van der Waals surface area contributed by atoms with E-state index in [1.54, 1.807) is 12.1 Å². The van der Waals surface area contributed by atoms with E-state index in [1.807, 2.05) is 4.90 Å². The molecule has 0 atom stereocenters. The van der Waals surface area contributed by atoms with Crippen molar-refractivity contribution in [2.24, 2.45) is 5.41 Å². The number of hydrogen-bond donors (Lipinski definition) is 1. The van der Waals surface area contributed by atoms with Crippen molar-refractivity contribution < 1.29 is 9.21 Å². The predicted molar refractivity (Wildman–Crippen MR) is 71.5 cm³/mol. The molecule has 3 heterocycles. The molecule has 2 aliphatic rings. The molecule has 2 fully saturated rings. The van der Waals surface area contributed by atoms with Gasteiger partial charge in [0, 0.05) is 19.6 Å². The van der Waals surface area contributed by atoms with Crippen LogP contribution in [-0.4, -0.2) is 37.0 Å². The number of amides is 1. The lowest BCUT2D eigenvalue weighted by molar-refractivity contribution is 0.0576. The Balaban J connectivity index is 1.64. The molecule has 18 heavy (non-hydrogen) atoms. The Morgan fingerprint density at radius 3 is 2.67 bits per heavy atom. The minimum atomic E-state index is 0.0153. The van der Waals surface area contributed by atoms with Gasteiger partial charge in [-0.3, -0.25) is 4.79 Å². The summed E-state index contributed by atoms with van der Waals surface area (Å²) in [4.78, 5) is 14.1. The highest BCUT2D eigenvalue weighted by Gasteiger charge is 2.38. The zero-order valence-corrected chi connectivity index (χ0v) is 11.8. The van der Waals surface area contributed by atoms with Crippen molar-refractivity contribution in [3.63, 3.8) is 0 Å². The molecule has 0 aliphatic carbocycles. The molecule has 0 aromatic carbocycles. The van der Waals surface area contributed by atoms with Crippen LogP contribution in [0.1, 0.15) is 29.8 Å². The van der Waals surface area contributed by atoms with Crippen molar-refractivity contribution in [2.75, 3.05) is 26.2 Å². The third-order valence-electron chi connectivity index (χ3n) is 4.23. The van der Waals surface area contributed by atoms with Gasteiger partial charge in [0.05, 0.1) is 0 Å². The van der Waals surface area contributed by atoms with Gasteiger partial charge in [-0.1, -0.05) is 0 Å². The van der Waals surface area contributed by atoms with Gasteiger partial charge in [-0.2, -0.15) is 0 Å². The number of nitrogens with zero attached hydrogens (tertiary/aromatic N) is 1. The lowest BCUT2D eigenvalue weighted by Gasteiger charge is -2.38. The number of halogens is 1. The van der Waals surface area contributed by atoms with Gasteiger partial charge in [0.25, 0.3) is 5.91 Å². The smallest absolute Gasteiger partial charge is 0.289 e. The third kappa shape index (κ3) is 2.21. The first-order valence-electron chi connectivity index (χ1n) is 6.44. The van der Waals surface area contributed by atoms with Crippen molar-refractivity contribution in [1.82, 2.24) is 10.2 Å². The van der Waals surface area contributed by atoms with E-state index in [9.17, 15) is 4.79 Å². The number of likely N-dealkylation sites (tertiary alicyclic amines) is 1. The summed E-state index contributed by atoms with van der Waals surface area (Å²) in [6, 6.07) is 3.49. The van der Waals surface area contributed by atoms with Crippen molar-refractivity contribution in [1.29, 1.82) is 0 Å². The molecule has 1 N–H and O–H groups in total. The number of hydrogen-bond acceptors (Lipinski definition) is 3. The Kier molecular flexibility index (Phi) is 3.20. The molecule has 4 nitrogen and oxygen atoms in total. The average Bonchev–Trinajstić information content (AvgIpc) is 3.00. The highest BCUT2D eigenvalue weighted by atomic mass is 79.9. The van der Waals surface area contributed by atoms with Gasteiger partial charge in [0.1, 0.15) is 0 Å². The zero-order valence-electron chi connectivity index (χ0n) is 10.2. The topological polar surface area (TPSA) is 45.5 Å². The van der Waals surface area contributed by atoms with E-state index in [-0.39, 0.29) is 5.91 Å². The van der Waals surface area contributed by atoms with E-state index >= 15 is 0 Å². The van der Waals surface area contributed by atoms with Crippen LogP contribution in [0.15, 0.2) is 21.2 Å². The predicted octanol–water partition coefficient (Wildman–Crippen LogP) is 2.26. The first-order valence-corrected chi connectivity index (χ1v) is 7.23. The molecule has 5 heteroatoms. The summed E-state index contributed by atoms with van der Waals surface area (Å²) in [6.45, 7) is 3.93. The summed E-state index contributed by atoms with van der Waals surface area (Å²) >= 11 is 3.23. The molecule has 1 aromatic heterocycles. The van der Waals surface area contributed by atoms with Crippen LogP contribution in [-0.2, 0) is 0 Å². The lowest BCUT2D eigenvalue weighted by Crippen LogP contribution is -2.43. The van der Waals surface area contributed by atoms with Crippen LogP contribution >= 0.6 is 15.9 Å². The van der Waals surface area contributed by atoms with E-state index in [2.05, 4.69) is 21.2 Å². The van der Waals surface area contributed by atoms with Crippen molar-refractivity contribution in [2.45, 2.75) is 19.3 Å². The maximum absolute atomic E-state index is 12.2. The second-order valence-electron chi connectivity index (χ2n) is 5.32. The lowest BCUT2D eigenvalue weighted by atomic mass is 9.78. The maximum atomic E-state index is 12.2. The van der Waals surface area contributed by atoms with Crippen LogP contribution in [0.3, 0.4) is 0 Å². The first-order chi connectivity index (χ1) is 8.69. The molecular weight excluding hydrogens is 296 g/mol. The fourth-order valence-electron chi connectivity index (χ4n) is 2.99. The summed E-state index contributed by atoms with van der Waals surface area (Å²) in [5, 5.41) is 3.43. The maximum Gasteiger partial charge on any atom is 0.289 e. The van der Waals surface area contributed by atoms with Crippen LogP contribution in [0, 0.1) is 5.41 Å². The summed E-state index contributed by atoms with van der Waals surface area (Å²) in [6.07, 6.45) is 3.46. The number of nitrogens with one attached hydrogen (secondary N) is 1. The Hall–Kier alpha value is -0.810. The summed E-state index contributed by atoms with van der Waals surface area (Å²) in [7, 11) is 0. The molecule has 0 saturated carbocycles. The number of carbonyl (C=O) groups excluding carboxylic acids is 1. The van der Waals surface area contributed by atoms with Crippen LogP contribution in [0.5, 0.6) is 0 Å². The fraction of sp³-hybridized carbons (Fsp3) is 0.615. The minimum Gasteiger partial charge on any atom is -0.444 e. The Morgan fingerprint density at radius 2 is 2.11 bits per heavy atom. The van der Waals surface area contributed by atoms with Crippen LogP contribution in [0.4, 0.5) is 0 Å². The van der Waals surface area contributed by atoms with Crippen LogP contribution < -0.4 is 5.32 Å². The van der Waals surface area contributed by atoms with Crippen molar-refractivity contribution in [3.05, 3.63) is 22.6 Å². The average molecular weight is 313 g/mol. The molecule has 0 bridgehead atoms. The van der Waals surface area contributed by atoms with E-state index in [4.69, 9.17) is 4.42 Å². The van der Waals surface area contributed by atoms with Gasteiger partial charge >= 0.3 is 0 Å². The van der Waals surface area contributed by atoms with Gasteiger partial charge in [-0.05, 0) is 59.3 Å². The molecule has 1 spiro atoms. The molecule has 98 valence electrons. The second kappa shape index (κ2) is 4.70. The highest BCUT2D eigenvalue weighted by molar-refractivity contribution is 9.10. The molecule has 0 unspecified atom stereocenters. The number of carbonyl (C=O) groups is 1. The molecule has 2 saturated heterocycles. The molecule has 3 rings (SSSR count). The molecule has 0 radical (unpaired) electrons. The fourth-order valence-corrected chi connectivity index (χ4v) is 3.30. The Morgan fingerprint density at radius 1 is 1.33 bits per heavy atom. The normalized spacial score (nSPS) is 22.6. The summed E-state index contributed by atoms with van der Waals surface area (Å²) in [5.41, 5.74) is 0.445. The van der Waals surface area contributed by atoms with E-state index < -0.39 is 0 Å². The number of rotatable bonds is 1. The third-order valence-corrected chi connectivity index (χ3v) is 4.65. The molecule has 1 amide bonds. The SMILES string of the molecule is O=C(c1ccc(Br)o1)N1CCC2(CCNC2)CC1. The first kappa shape index (κ1) is 12.2. The van der Waals surface area contributed by atoms with Gasteiger partial charge in [-0.25, -0.2) is 0 Å². The summed E-state index contributed by atoms with van der Waals surface area (Å²) < 4.78 is 5.94. The minimum absolute atomic E-state index is 0.0153. The second-order valence-corrected chi connectivity index (χ2v) is 6.10. The molecule has 1 aromatic rings.